The molecule has 0 fully saturated rings. The van der Waals surface area contributed by atoms with Crippen LogP contribution in [0.3, 0.4) is 0 Å². The number of ether oxygens (including phenoxy) is 1. The van der Waals surface area contributed by atoms with Crippen LogP contribution in [0.2, 0.25) is 0 Å². The topological polar surface area (TPSA) is 81.9 Å². The van der Waals surface area contributed by atoms with Crippen molar-refractivity contribution in [1.82, 2.24) is 19.7 Å². The molecule has 0 unspecified atom stereocenters. The normalized spacial score (nSPS) is 10.6. The number of carbonyl (C=O) groups is 1. The zero-order valence-electron chi connectivity index (χ0n) is 15.3. The van der Waals surface area contributed by atoms with Crippen LogP contribution in [0.15, 0.2) is 36.8 Å². The van der Waals surface area contributed by atoms with E-state index in [0.29, 0.717) is 29.2 Å². The lowest BCUT2D eigenvalue weighted by atomic mass is 10.1. The van der Waals surface area contributed by atoms with Crippen LogP contribution in [0.25, 0.3) is 11.4 Å². The van der Waals surface area contributed by atoms with Crippen molar-refractivity contribution in [3.05, 3.63) is 48.0 Å². The van der Waals surface area contributed by atoms with Gasteiger partial charge in [0.2, 0.25) is 0 Å². The van der Waals surface area contributed by atoms with Gasteiger partial charge in [0.25, 0.3) is 0 Å². The number of para-hydroxylation sites is 1. The number of nitrogens with zero attached hydrogens (tertiary/aromatic N) is 4. The summed E-state index contributed by atoms with van der Waals surface area (Å²) in [4.78, 5) is 20.8. The van der Waals surface area contributed by atoms with Crippen molar-refractivity contribution in [3.63, 3.8) is 0 Å². The Kier molecular flexibility index (Phi) is 4.97. The lowest BCUT2D eigenvalue weighted by Gasteiger charge is -2.16. The molecule has 0 bridgehead atoms. The van der Waals surface area contributed by atoms with Crippen LogP contribution in [-0.2, 0) is 7.05 Å². The molecule has 0 aliphatic rings. The van der Waals surface area contributed by atoms with Gasteiger partial charge in [0.05, 0.1) is 29.6 Å². The molecule has 2 heterocycles. The zero-order valence-corrected chi connectivity index (χ0v) is 15.3. The molecular weight excluding hydrogens is 330 g/mol. The van der Waals surface area contributed by atoms with Crippen LogP contribution in [0.5, 0.6) is 5.75 Å². The minimum absolute atomic E-state index is 0.0292. The maximum Gasteiger partial charge on any atom is 0.184 e. The molecule has 3 aromatic rings. The Morgan fingerprint density at radius 1 is 1.27 bits per heavy atom. The zero-order chi connectivity index (χ0) is 18.7. The number of carbonyl (C=O) groups excluding carboxylic acids is 1. The van der Waals surface area contributed by atoms with E-state index in [2.05, 4.69) is 20.4 Å². The second-order valence-corrected chi connectivity index (χ2v) is 5.90. The summed E-state index contributed by atoms with van der Waals surface area (Å²) in [5.41, 5.74) is 3.58. The first kappa shape index (κ1) is 17.6. The first-order valence-electron chi connectivity index (χ1n) is 8.33. The number of benzene rings is 1. The molecule has 26 heavy (non-hydrogen) atoms. The molecule has 1 aromatic carbocycles. The second-order valence-electron chi connectivity index (χ2n) is 5.90. The number of rotatable bonds is 6. The van der Waals surface area contributed by atoms with Crippen molar-refractivity contribution in [2.45, 2.75) is 20.3 Å². The van der Waals surface area contributed by atoms with E-state index in [1.807, 2.05) is 45.2 Å². The van der Waals surface area contributed by atoms with Crippen molar-refractivity contribution < 1.29 is 9.53 Å². The lowest BCUT2D eigenvalue weighted by molar-refractivity contribution is 0.0988. The minimum atomic E-state index is 0.0292. The van der Waals surface area contributed by atoms with Gasteiger partial charge in [0.1, 0.15) is 6.33 Å². The van der Waals surface area contributed by atoms with Gasteiger partial charge in [-0.2, -0.15) is 5.10 Å². The monoisotopic (exact) mass is 351 g/mol. The maximum absolute atomic E-state index is 12.2. The Labute approximate surface area is 152 Å². The van der Waals surface area contributed by atoms with Gasteiger partial charge in [0, 0.05) is 25.4 Å². The summed E-state index contributed by atoms with van der Waals surface area (Å²) < 4.78 is 7.25. The molecule has 0 aliphatic heterocycles. The Bertz CT molecular complexity index is 949. The van der Waals surface area contributed by atoms with Crippen LogP contribution in [-0.4, -0.2) is 32.6 Å². The number of Topliss-reactive ketones (excluding diaryl/α,β-unsaturated/α-hetero) is 1. The second kappa shape index (κ2) is 7.35. The van der Waals surface area contributed by atoms with Crippen LogP contribution >= 0.6 is 0 Å². The van der Waals surface area contributed by atoms with Crippen molar-refractivity contribution in [1.29, 1.82) is 0 Å². The smallest absolute Gasteiger partial charge is 0.184 e. The van der Waals surface area contributed by atoms with Crippen LogP contribution < -0.4 is 10.1 Å². The third-order valence-corrected chi connectivity index (χ3v) is 3.99. The lowest BCUT2D eigenvalue weighted by Crippen LogP contribution is -2.05. The van der Waals surface area contributed by atoms with Gasteiger partial charge in [-0.1, -0.05) is 13.0 Å². The number of aryl methyl sites for hydroxylation is 2. The molecule has 2 aromatic heterocycles. The summed E-state index contributed by atoms with van der Waals surface area (Å²) in [6.45, 7) is 3.72. The van der Waals surface area contributed by atoms with E-state index in [1.165, 1.54) is 0 Å². The van der Waals surface area contributed by atoms with E-state index < -0.39 is 0 Å². The molecule has 0 radical (unpaired) electrons. The molecule has 0 atom stereocenters. The van der Waals surface area contributed by atoms with Gasteiger partial charge in [-0.15, -0.1) is 0 Å². The van der Waals surface area contributed by atoms with E-state index in [9.17, 15) is 4.79 Å². The number of aromatic nitrogens is 4. The van der Waals surface area contributed by atoms with Gasteiger partial charge in [0.15, 0.2) is 17.4 Å². The van der Waals surface area contributed by atoms with Crippen molar-refractivity contribution in [2.75, 3.05) is 12.4 Å². The van der Waals surface area contributed by atoms with Crippen LogP contribution in [0.4, 0.5) is 11.4 Å². The number of pyridine rings is 1. The van der Waals surface area contributed by atoms with Crippen LogP contribution in [0, 0.1) is 6.92 Å². The molecular formula is C19H21N5O2. The molecule has 134 valence electrons. The van der Waals surface area contributed by atoms with Crippen LogP contribution in [0.1, 0.15) is 29.4 Å². The van der Waals surface area contributed by atoms with Gasteiger partial charge in [-0.3, -0.25) is 14.5 Å². The highest BCUT2D eigenvalue weighted by molar-refractivity contribution is 6.01. The van der Waals surface area contributed by atoms with Crippen molar-refractivity contribution >= 4 is 17.2 Å². The summed E-state index contributed by atoms with van der Waals surface area (Å²) >= 11 is 0. The van der Waals surface area contributed by atoms with Gasteiger partial charge >= 0.3 is 0 Å². The third kappa shape index (κ3) is 3.42. The van der Waals surface area contributed by atoms with Crippen molar-refractivity contribution in [3.8, 4) is 17.1 Å². The first-order chi connectivity index (χ1) is 12.5. The number of anilines is 2. The fourth-order valence-electron chi connectivity index (χ4n) is 2.72. The number of methoxy groups -OCH3 is 1. The number of ketones is 1. The molecule has 0 spiro atoms. The van der Waals surface area contributed by atoms with Gasteiger partial charge in [-0.25, -0.2) is 4.98 Å². The molecule has 0 aliphatic carbocycles. The quantitative estimate of drug-likeness (QED) is 0.684. The van der Waals surface area contributed by atoms with E-state index >= 15 is 0 Å². The molecule has 0 amide bonds. The Balaban J connectivity index is 2.06. The standard InChI is InChI=1S/C19H21N5O2/c1-5-17(25)14-10-20-12(2)9-16(14)22-15-8-6-7-13(18(15)26-4)19-21-11-24(3)23-19/h6-11H,5H2,1-4H3,(H,20,22). The van der Waals surface area contributed by atoms with E-state index in [-0.39, 0.29) is 5.78 Å². The molecule has 0 saturated heterocycles. The number of hydrogen-bond donors (Lipinski definition) is 1. The molecule has 1 N–H and O–H groups in total. The van der Waals surface area contributed by atoms with E-state index in [0.717, 1.165) is 16.9 Å². The fourth-order valence-corrected chi connectivity index (χ4v) is 2.72. The maximum atomic E-state index is 12.2. The fraction of sp³-hybridized carbons (Fsp3) is 0.263. The van der Waals surface area contributed by atoms with Crippen molar-refractivity contribution in [2.24, 2.45) is 7.05 Å². The predicted octanol–water partition coefficient (Wildman–Crippen LogP) is 3.53. The average Bonchev–Trinajstić information content (AvgIpc) is 3.07. The summed E-state index contributed by atoms with van der Waals surface area (Å²) in [5.74, 6) is 1.22. The van der Waals surface area contributed by atoms with Gasteiger partial charge < -0.3 is 10.1 Å². The Hall–Kier alpha value is -3.22. The molecule has 7 heteroatoms. The minimum Gasteiger partial charge on any atom is -0.494 e. The SMILES string of the molecule is CCC(=O)c1cnc(C)cc1Nc1cccc(-c2ncn(C)n2)c1OC. The highest BCUT2D eigenvalue weighted by Crippen LogP contribution is 2.37. The summed E-state index contributed by atoms with van der Waals surface area (Å²) in [6.07, 6.45) is 3.66. The highest BCUT2D eigenvalue weighted by Gasteiger charge is 2.17. The number of nitrogens with one attached hydrogen (secondary N) is 1. The van der Waals surface area contributed by atoms with E-state index in [1.54, 1.807) is 24.3 Å². The van der Waals surface area contributed by atoms with Gasteiger partial charge in [-0.05, 0) is 25.1 Å². The molecule has 3 rings (SSSR count). The largest absolute Gasteiger partial charge is 0.494 e. The average molecular weight is 351 g/mol. The summed E-state index contributed by atoms with van der Waals surface area (Å²) in [5, 5.41) is 7.66. The first-order valence-corrected chi connectivity index (χ1v) is 8.33. The number of hydrogen-bond acceptors (Lipinski definition) is 6. The molecule has 7 nitrogen and oxygen atoms in total. The predicted molar refractivity (Wildman–Crippen MR) is 99.9 cm³/mol. The third-order valence-electron chi connectivity index (χ3n) is 3.99. The summed E-state index contributed by atoms with van der Waals surface area (Å²) in [6, 6.07) is 7.54. The summed E-state index contributed by atoms with van der Waals surface area (Å²) in [7, 11) is 3.41. The Morgan fingerprint density at radius 2 is 2.08 bits per heavy atom. The van der Waals surface area contributed by atoms with E-state index in [4.69, 9.17) is 4.74 Å². The Morgan fingerprint density at radius 3 is 2.73 bits per heavy atom. The molecule has 0 saturated carbocycles. The highest BCUT2D eigenvalue weighted by atomic mass is 16.5.